The summed E-state index contributed by atoms with van der Waals surface area (Å²) in [5, 5.41) is 8.89. The normalized spacial score (nSPS) is 12.5. The number of carboxylic acids is 1. The number of aromatic nitrogens is 2. The average Bonchev–Trinajstić information content (AvgIpc) is 2.20. The van der Waals surface area contributed by atoms with Gasteiger partial charge < -0.3 is 5.11 Å². The zero-order valence-corrected chi connectivity index (χ0v) is 9.32. The topological polar surface area (TPSA) is 63.1 Å². The molecule has 0 amide bonds. The summed E-state index contributed by atoms with van der Waals surface area (Å²) < 4.78 is 0. The van der Waals surface area contributed by atoms with Gasteiger partial charge in [-0.2, -0.15) is 0 Å². The summed E-state index contributed by atoms with van der Waals surface area (Å²) in [6, 6.07) is 0. The smallest absolute Gasteiger partial charge is 0.354 e. The minimum absolute atomic E-state index is 0.114. The van der Waals surface area contributed by atoms with Crippen LogP contribution in [0.25, 0.3) is 0 Å². The Kier molecular flexibility index (Phi) is 3.77. The van der Waals surface area contributed by atoms with E-state index in [1.54, 1.807) is 13.1 Å². The highest BCUT2D eigenvalue weighted by molar-refractivity contribution is 5.86. The van der Waals surface area contributed by atoms with Crippen molar-refractivity contribution in [2.45, 2.75) is 33.6 Å². The van der Waals surface area contributed by atoms with Gasteiger partial charge in [-0.3, -0.25) is 0 Å². The molecule has 0 saturated carbocycles. The maximum absolute atomic E-state index is 10.8. The quantitative estimate of drug-likeness (QED) is 0.822. The molecule has 0 aliphatic carbocycles. The van der Waals surface area contributed by atoms with Gasteiger partial charge in [0.25, 0.3) is 0 Å². The first-order chi connectivity index (χ1) is 7.04. The molecule has 0 aliphatic rings. The molecule has 1 unspecified atom stereocenters. The van der Waals surface area contributed by atoms with E-state index in [-0.39, 0.29) is 5.69 Å². The fraction of sp³-hybridized carbons (Fsp3) is 0.545. The van der Waals surface area contributed by atoms with Crippen molar-refractivity contribution in [3.63, 3.8) is 0 Å². The van der Waals surface area contributed by atoms with Crippen LogP contribution in [0.3, 0.4) is 0 Å². The second-order valence-corrected chi connectivity index (χ2v) is 3.84. The molecule has 0 aliphatic heterocycles. The lowest BCUT2D eigenvalue weighted by Crippen LogP contribution is -2.10. The third-order valence-electron chi connectivity index (χ3n) is 2.45. The lowest BCUT2D eigenvalue weighted by molar-refractivity contribution is 0.0689. The minimum atomic E-state index is -0.986. The molecule has 4 heteroatoms. The first kappa shape index (κ1) is 11.6. The van der Waals surface area contributed by atoms with Crippen molar-refractivity contribution in [3.05, 3.63) is 23.3 Å². The number of carboxylic acid groups (broad SMARTS) is 1. The zero-order valence-electron chi connectivity index (χ0n) is 9.32. The van der Waals surface area contributed by atoms with E-state index in [0.29, 0.717) is 17.3 Å². The number of hydrogen-bond acceptors (Lipinski definition) is 3. The summed E-state index contributed by atoms with van der Waals surface area (Å²) in [5.74, 6) is 0.113. The van der Waals surface area contributed by atoms with E-state index < -0.39 is 5.97 Å². The van der Waals surface area contributed by atoms with Gasteiger partial charge in [-0.25, -0.2) is 14.8 Å². The lowest BCUT2D eigenvalue weighted by atomic mass is 10.0. The Morgan fingerprint density at radius 2 is 2.27 bits per heavy atom. The van der Waals surface area contributed by atoms with Crippen LogP contribution in [-0.2, 0) is 6.42 Å². The fourth-order valence-electron chi connectivity index (χ4n) is 1.25. The Bertz CT molecular complexity index is 364. The van der Waals surface area contributed by atoms with Crippen molar-refractivity contribution in [3.8, 4) is 0 Å². The summed E-state index contributed by atoms with van der Waals surface area (Å²) in [6.45, 7) is 5.90. The lowest BCUT2D eigenvalue weighted by Gasteiger charge is -2.08. The number of aromatic carboxylic acids is 1. The van der Waals surface area contributed by atoms with Crippen LogP contribution in [-0.4, -0.2) is 21.0 Å². The average molecular weight is 208 g/mol. The van der Waals surface area contributed by atoms with E-state index >= 15 is 0 Å². The number of carbonyl (C=O) groups is 1. The van der Waals surface area contributed by atoms with Crippen molar-refractivity contribution in [2.75, 3.05) is 0 Å². The van der Waals surface area contributed by atoms with Crippen LogP contribution in [0.1, 0.15) is 42.1 Å². The zero-order chi connectivity index (χ0) is 11.4. The molecule has 1 atom stereocenters. The first-order valence-corrected chi connectivity index (χ1v) is 5.10. The monoisotopic (exact) mass is 208 g/mol. The Morgan fingerprint density at radius 1 is 1.60 bits per heavy atom. The molecule has 0 fully saturated rings. The van der Waals surface area contributed by atoms with Gasteiger partial charge >= 0.3 is 5.97 Å². The van der Waals surface area contributed by atoms with Crippen molar-refractivity contribution >= 4 is 5.97 Å². The molecule has 0 radical (unpaired) electrons. The van der Waals surface area contributed by atoms with E-state index in [1.807, 2.05) is 0 Å². The molecule has 4 nitrogen and oxygen atoms in total. The Morgan fingerprint density at radius 3 is 2.80 bits per heavy atom. The maximum atomic E-state index is 10.8. The van der Waals surface area contributed by atoms with Gasteiger partial charge in [0.05, 0.1) is 0 Å². The maximum Gasteiger partial charge on any atom is 0.354 e. The molecule has 0 aromatic carbocycles. The third kappa shape index (κ3) is 3.01. The van der Waals surface area contributed by atoms with Crippen LogP contribution in [0, 0.1) is 12.8 Å². The molecule has 15 heavy (non-hydrogen) atoms. The molecular formula is C11H16N2O2. The predicted octanol–water partition coefficient (Wildman–Crippen LogP) is 2.07. The van der Waals surface area contributed by atoms with Crippen LogP contribution >= 0.6 is 0 Å². The summed E-state index contributed by atoms with van der Waals surface area (Å²) in [4.78, 5) is 19.0. The van der Waals surface area contributed by atoms with Crippen molar-refractivity contribution < 1.29 is 9.90 Å². The minimum Gasteiger partial charge on any atom is -0.477 e. The van der Waals surface area contributed by atoms with Crippen LogP contribution in [0.4, 0.5) is 0 Å². The van der Waals surface area contributed by atoms with Gasteiger partial charge in [0, 0.05) is 18.2 Å². The summed E-state index contributed by atoms with van der Waals surface area (Å²) in [5.41, 5.74) is 0.721. The molecule has 82 valence electrons. The fourth-order valence-corrected chi connectivity index (χ4v) is 1.25. The van der Waals surface area contributed by atoms with Crippen LogP contribution in [0.5, 0.6) is 0 Å². The number of aryl methyl sites for hydroxylation is 1. The second kappa shape index (κ2) is 4.87. The van der Waals surface area contributed by atoms with E-state index in [0.717, 1.165) is 12.8 Å². The number of nitrogens with zero attached hydrogens (tertiary/aromatic N) is 2. The van der Waals surface area contributed by atoms with Gasteiger partial charge in [-0.1, -0.05) is 20.3 Å². The first-order valence-electron chi connectivity index (χ1n) is 5.10. The van der Waals surface area contributed by atoms with E-state index in [9.17, 15) is 4.79 Å². The Hall–Kier alpha value is -1.45. The SMILES string of the molecule is CCC(C)Cc1ncc(C)c(C(=O)O)n1. The van der Waals surface area contributed by atoms with Crippen molar-refractivity contribution in [2.24, 2.45) is 5.92 Å². The standard InChI is InChI=1S/C11H16N2O2/c1-4-7(2)5-9-12-6-8(3)10(13-9)11(14)15/h6-7H,4-5H2,1-3H3,(H,14,15). The van der Waals surface area contributed by atoms with Crippen LogP contribution < -0.4 is 0 Å². The van der Waals surface area contributed by atoms with Gasteiger partial charge in [0.1, 0.15) is 5.82 Å². The van der Waals surface area contributed by atoms with Gasteiger partial charge in [-0.15, -0.1) is 0 Å². The van der Waals surface area contributed by atoms with Crippen LogP contribution in [0.15, 0.2) is 6.20 Å². The third-order valence-corrected chi connectivity index (χ3v) is 2.45. The van der Waals surface area contributed by atoms with E-state index in [2.05, 4.69) is 23.8 Å². The van der Waals surface area contributed by atoms with Crippen molar-refractivity contribution in [1.82, 2.24) is 9.97 Å². The second-order valence-electron chi connectivity index (χ2n) is 3.84. The van der Waals surface area contributed by atoms with E-state index in [1.165, 1.54) is 0 Å². The van der Waals surface area contributed by atoms with Gasteiger partial charge in [-0.05, 0) is 12.8 Å². The van der Waals surface area contributed by atoms with Gasteiger partial charge in [0.2, 0.25) is 0 Å². The largest absolute Gasteiger partial charge is 0.477 e. The molecular weight excluding hydrogens is 192 g/mol. The van der Waals surface area contributed by atoms with E-state index in [4.69, 9.17) is 5.11 Å². The Balaban J connectivity index is 2.92. The molecule has 0 spiro atoms. The van der Waals surface area contributed by atoms with Crippen LogP contribution in [0.2, 0.25) is 0 Å². The molecule has 1 aromatic rings. The molecule has 1 heterocycles. The molecule has 0 bridgehead atoms. The highest BCUT2D eigenvalue weighted by Crippen LogP contribution is 2.10. The number of hydrogen-bond donors (Lipinski definition) is 1. The highest BCUT2D eigenvalue weighted by Gasteiger charge is 2.12. The number of rotatable bonds is 4. The summed E-state index contributed by atoms with van der Waals surface area (Å²) >= 11 is 0. The van der Waals surface area contributed by atoms with Gasteiger partial charge in [0.15, 0.2) is 5.69 Å². The summed E-state index contributed by atoms with van der Waals surface area (Å²) in [6.07, 6.45) is 3.35. The Labute approximate surface area is 89.4 Å². The molecule has 1 aromatic heterocycles. The van der Waals surface area contributed by atoms with Crippen molar-refractivity contribution in [1.29, 1.82) is 0 Å². The summed E-state index contributed by atoms with van der Waals surface area (Å²) in [7, 11) is 0. The molecule has 0 saturated heterocycles. The molecule has 1 rings (SSSR count). The molecule has 1 N–H and O–H groups in total. The predicted molar refractivity (Wildman–Crippen MR) is 56.9 cm³/mol. The highest BCUT2D eigenvalue weighted by atomic mass is 16.4.